The van der Waals surface area contributed by atoms with E-state index in [1.165, 1.54) is 28.4 Å². The van der Waals surface area contributed by atoms with Crippen molar-refractivity contribution >= 4 is 5.97 Å². The topological polar surface area (TPSA) is 26.3 Å². The second-order valence-electron chi connectivity index (χ2n) is 7.49. The van der Waals surface area contributed by atoms with Crippen LogP contribution in [0.4, 0.5) is 0 Å². The lowest BCUT2D eigenvalue weighted by molar-refractivity contribution is -0.136. The summed E-state index contributed by atoms with van der Waals surface area (Å²) in [5.41, 5.74) is 5.61. The molecule has 0 heterocycles. The molecular weight excluding hydrogens is 332 g/mol. The molecular formula is C25H40O2. The van der Waals surface area contributed by atoms with Crippen LogP contribution in [0, 0.1) is 0 Å². The third kappa shape index (κ3) is 17.3. The van der Waals surface area contributed by atoms with Gasteiger partial charge in [-0.25, -0.2) is 4.79 Å². The van der Waals surface area contributed by atoms with Gasteiger partial charge in [0.05, 0.1) is 0 Å². The van der Waals surface area contributed by atoms with Gasteiger partial charge in [-0.1, -0.05) is 53.5 Å². The summed E-state index contributed by atoms with van der Waals surface area (Å²) in [4.78, 5) is 11.4. The average Bonchev–Trinajstić information content (AvgIpc) is 2.59. The van der Waals surface area contributed by atoms with Gasteiger partial charge in [0, 0.05) is 6.08 Å². The molecule has 0 fully saturated rings. The molecule has 0 unspecified atom stereocenters. The van der Waals surface area contributed by atoms with Crippen molar-refractivity contribution in [2.45, 2.75) is 86.5 Å². The molecule has 0 spiro atoms. The molecule has 27 heavy (non-hydrogen) atoms. The predicted octanol–water partition coefficient (Wildman–Crippen LogP) is 7.64. The number of esters is 1. The highest BCUT2D eigenvalue weighted by Crippen LogP contribution is 2.13. The van der Waals surface area contributed by atoms with Gasteiger partial charge in [-0.3, -0.25) is 0 Å². The fraction of sp³-hybridized carbons (Fsp3) is 0.560. The van der Waals surface area contributed by atoms with Crippen LogP contribution in [0.25, 0.3) is 0 Å². The first kappa shape index (κ1) is 25.2. The lowest BCUT2D eigenvalue weighted by Gasteiger charge is -2.03. The Morgan fingerprint density at radius 1 is 0.741 bits per heavy atom. The molecule has 2 nitrogen and oxygen atoms in total. The van der Waals surface area contributed by atoms with Crippen LogP contribution in [0.3, 0.4) is 0 Å². The number of hydrogen-bond acceptors (Lipinski definition) is 2. The van der Waals surface area contributed by atoms with Crippen LogP contribution >= 0.6 is 0 Å². The van der Waals surface area contributed by atoms with Crippen LogP contribution in [0.2, 0.25) is 0 Å². The summed E-state index contributed by atoms with van der Waals surface area (Å²) in [6.45, 7) is 13.2. The van der Waals surface area contributed by atoms with Crippen LogP contribution in [-0.2, 0) is 9.53 Å². The van der Waals surface area contributed by atoms with Crippen molar-refractivity contribution in [1.29, 1.82) is 0 Å². The molecule has 0 atom stereocenters. The first-order valence-corrected chi connectivity index (χ1v) is 10.3. The van der Waals surface area contributed by atoms with E-state index in [1.807, 2.05) is 19.1 Å². The molecule has 0 N–H and O–H groups in total. The molecule has 0 aliphatic heterocycles. The quantitative estimate of drug-likeness (QED) is 0.189. The summed E-state index contributed by atoms with van der Waals surface area (Å²) in [5.74, 6) is -0.263. The highest BCUT2D eigenvalue weighted by atomic mass is 16.5. The van der Waals surface area contributed by atoms with Crippen molar-refractivity contribution in [2.75, 3.05) is 6.61 Å². The van der Waals surface area contributed by atoms with Crippen LogP contribution < -0.4 is 0 Å². The average molecular weight is 373 g/mol. The van der Waals surface area contributed by atoms with Gasteiger partial charge in [0.25, 0.3) is 0 Å². The van der Waals surface area contributed by atoms with Crippen molar-refractivity contribution in [3.63, 3.8) is 0 Å². The predicted molar refractivity (Wildman–Crippen MR) is 119 cm³/mol. The minimum absolute atomic E-state index is 0.263. The summed E-state index contributed by atoms with van der Waals surface area (Å²) in [6.07, 6.45) is 19.8. The number of rotatable bonds is 13. The van der Waals surface area contributed by atoms with Gasteiger partial charge in [-0.15, -0.1) is 0 Å². The molecule has 0 bridgehead atoms. The van der Waals surface area contributed by atoms with E-state index in [9.17, 15) is 4.79 Å². The van der Waals surface area contributed by atoms with Crippen LogP contribution in [-0.4, -0.2) is 12.6 Å². The Hall–Kier alpha value is -1.83. The maximum absolute atomic E-state index is 11.4. The second-order valence-corrected chi connectivity index (χ2v) is 7.49. The van der Waals surface area contributed by atoms with E-state index >= 15 is 0 Å². The zero-order valence-corrected chi connectivity index (χ0v) is 18.4. The van der Waals surface area contributed by atoms with Crippen molar-refractivity contribution < 1.29 is 9.53 Å². The minimum atomic E-state index is -0.263. The third-order valence-electron chi connectivity index (χ3n) is 4.30. The standard InChI is InChI=1S/C25H40O2/c1-7-8-18-25(26)27-20-19-24(6)17-11-16-23(5)15-10-14-22(4)13-9-12-21(2)3/h8,12,14,16,18-19H,7,9-11,13,15,17,20H2,1-6H3. The van der Waals surface area contributed by atoms with Gasteiger partial charge in [0.2, 0.25) is 0 Å². The van der Waals surface area contributed by atoms with Crippen molar-refractivity contribution in [1.82, 2.24) is 0 Å². The van der Waals surface area contributed by atoms with Gasteiger partial charge in [0.1, 0.15) is 6.61 Å². The molecule has 0 saturated carbocycles. The lowest BCUT2D eigenvalue weighted by atomic mass is 10.0. The molecule has 0 aromatic carbocycles. The molecule has 0 radical (unpaired) electrons. The largest absolute Gasteiger partial charge is 0.458 e. The summed E-state index contributed by atoms with van der Waals surface area (Å²) < 4.78 is 5.13. The first-order chi connectivity index (χ1) is 12.8. The Morgan fingerprint density at radius 2 is 1.22 bits per heavy atom. The summed E-state index contributed by atoms with van der Waals surface area (Å²) >= 11 is 0. The Bertz CT molecular complexity index is 567. The van der Waals surface area contributed by atoms with Crippen LogP contribution in [0.15, 0.2) is 58.7 Å². The van der Waals surface area contributed by atoms with Gasteiger partial charge >= 0.3 is 5.97 Å². The molecule has 0 amide bonds. The number of ether oxygens (including phenoxy) is 1. The third-order valence-corrected chi connectivity index (χ3v) is 4.30. The van der Waals surface area contributed by atoms with Gasteiger partial charge in [-0.05, 0) is 85.6 Å². The molecule has 0 saturated heterocycles. The van der Waals surface area contributed by atoms with Crippen molar-refractivity contribution in [3.05, 3.63) is 58.7 Å². The first-order valence-electron chi connectivity index (χ1n) is 10.3. The van der Waals surface area contributed by atoms with Crippen molar-refractivity contribution in [2.24, 2.45) is 0 Å². The van der Waals surface area contributed by atoms with E-state index in [1.54, 1.807) is 0 Å². The maximum Gasteiger partial charge on any atom is 0.330 e. The molecule has 0 aliphatic carbocycles. The Labute approximate surface area is 167 Å². The van der Waals surface area contributed by atoms with E-state index in [0.717, 1.165) is 44.9 Å². The second kappa shape index (κ2) is 16.4. The van der Waals surface area contributed by atoms with Crippen LogP contribution in [0.1, 0.15) is 86.5 Å². The number of allylic oxidation sites excluding steroid dienone is 8. The number of carbonyl (C=O) groups excluding carboxylic acids is 1. The minimum Gasteiger partial charge on any atom is -0.458 e. The summed E-state index contributed by atoms with van der Waals surface area (Å²) in [5, 5.41) is 0. The summed E-state index contributed by atoms with van der Waals surface area (Å²) in [7, 11) is 0. The zero-order valence-electron chi connectivity index (χ0n) is 18.4. The maximum atomic E-state index is 11.4. The van der Waals surface area contributed by atoms with Gasteiger partial charge < -0.3 is 4.74 Å². The number of hydrogen-bond donors (Lipinski definition) is 0. The van der Waals surface area contributed by atoms with Gasteiger partial charge in [0.15, 0.2) is 0 Å². The van der Waals surface area contributed by atoms with Crippen molar-refractivity contribution in [3.8, 4) is 0 Å². The van der Waals surface area contributed by atoms with Crippen LogP contribution in [0.5, 0.6) is 0 Å². The molecule has 0 aliphatic rings. The molecule has 2 heteroatoms. The van der Waals surface area contributed by atoms with E-state index in [0.29, 0.717) is 6.61 Å². The molecule has 152 valence electrons. The molecule has 0 aromatic rings. The Balaban J connectivity index is 4.03. The lowest BCUT2D eigenvalue weighted by Crippen LogP contribution is -2.00. The molecule has 0 aromatic heterocycles. The zero-order chi connectivity index (χ0) is 20.5. The van der Waals surface area contributed by atoms with E-state index in [4.69, 9.17) is 4.74 Å². The van der Waals surface area contributed by atoms with E-state index in [-0.39, 0.29) is 5.97 Å². The highest BCUT2D eigenvalue weighted by molar-refractivity contribution is 5.81. The fourth-order valence-electron chi connectivity index (χ4n) is 2.52. The number of carbonyl (C=O) groups is 1. The fourth-order valence-corrected chi connectivity index (χ4v) is 2.52. The Morgan fingerprint density at radius 3 is 1.70 bits per heavy atom. The highest BCUT2D eigenvalue weighted by Gasteiger charge is 1.96. The Kier molecular flexibility index (Phi) is 15.2. The summed E-state index contributed by atoms with van der Waals surface area (Å²) in [6, 6.07) is 0. The molecule has 0 rings (SSSR count). The van der Waals surface area contributed by atoms with Gasteiger partial charge in [-0.2, -0.15) is 0 Å². The normalized spacial score (nSPS) is 13.2. The smallest absolute Gasteiger partial charge is 0.330 e. The SMILES string of the molecule is CCC=CC(=O)OCC=C(C)CCC=C(C)CCC=C(C)CCC=C(C)C. The van der Waals surface area contributed by atoms with E-state index < -0.39 is 0 Å². The van der Waals surface area contributed by atoms with E-state index in [2.05, 4.69) is 52.8 Å². The monoisotopic (exact) mass is 372 g/mol.